The van der Waals surface area contributed by atoms with Gasteiger partial charge in [0, 0.05) is 5.75 Å². The molecule has 0 aliphatic rings. The smallest absolute Gasteiger partial charge is 0.234 e. The Labute approximate surface area is 136 Å². The molecule has 0 radical (unpaired) electrons. The number of hydrogen-bond acceptors (Lipinski definition) is 2. The highest BCUT2D eigenvalue weighted by Gasteiger charge is 2.08. The maximum Gasteiger partial charge on any atom is 0.234 e. The van der Waals surface area contributed by atoms with Gasteiger partial charge in [-0.05, 0) is 29.8 Å². The van der Waals surface area contributed by atoms with Gasteiger partial charge >= 0.3 is 0 Å². The van der Waals surface area contributed by atoms with Gasteiger partial charge in [-0.15, -0.1) is 11.8 Å². The zero-order valence-electron chi connectivity index (χ0n) is 10.9. The fourth-order valence-electron chi connectivity index (χ4n) is 1.63. The minimum atomic E-state index is -0.267. The number of carbonyl (C=O) groups is 1. The van der Waals surface area contributed by atoms with Crippen LogP contribution in [-0.4, -0.2) is 11.7 Å². The van der Waals surface area contributed by atoms with Crippen LogP contribution < -0.4 is 5.32 Å². The molecule has 110 valence electrons. The number of anilines is 1. The molecule has 2 nitrogen and oxygen atoms in total. The summed E-state index contributed by atoms with van der Waals surface area (Å²) in [5, 5.41) is 3.44. The maximum absolute atomic E-state index is 12.8. The van der Waals surface area contributed by atoms with Gasteiger partial charge in [-0.2, -0.15) is 0 Å². The van der Waals surface area contributed by atoms with Crippen molar-refractivity contribution in [2.75, 3.05) is 11.1 Å². The van der Waals surface area contributed by atoms with Crippen molar-refractivity contribution in [3.05, 3.63) is 63.9 Å². The average molecular weight is 344 g/mol. The number of rotatable bonds is 5. The molecule has 6 heteroatoms. The lowest BCUT2D eigenvalue weighted by molar-refractivity contribution is -0.113. The third-order valence-electron chi connectivity index (χ3n) is 2.64. The van der Waals surface area contributed by atoms with Crippen LogP contribution in [0.25, 0.3) is 0 Å². The molecule has 0 spiro atoms. The summed E-state index contributed by atoms with van der Waals surface area (Å²) >= 11 is 13.3. The SMILES string of the molecule is O=C(CSCc1ccc(F)cc1)Nc1cccc(Cl)c1Cl. The molecule has 0 saturated heterocycles. The number of thioether (sulfide) groups is 1. The van der Waals surface area contributed by atoms with E-state index in [1.807, 2.05) is 0 Å². The molecule has 1 amide bonds. The van der Waals surface area contributed by atoms with E-state index < -0.39 is 0 Å². The first-order chi connectivity index (χ1) is 10.1. The van der Waals surface area contributed by atoms with Crippen LogP contribution in [0, 0.1) is 5.82 Å². The summed E-state index contributed by atoms with van der Waals surface area (Å²) in [5.74, 6) is 0.486. The van der Waals surface area contributed by atoms with E-state index in [1.54, 1.807) is 30.3 Å². The Morgan fingerprint density at radius 1 is 1.14 bits per heavy atom. The minimum absolute atomic E-state index is 0.161. The van der Waals surface area contributed by atoms with E-state index in [1.165, 1.54) is 23.9 Å². The van der Waals surface area contributed by atoms with Crippen molar-refractivity contribution in [2.24, 2.45) is 0 Å². The van der Waals surface area contributed by atoms with Gasteiger partial charge in [-0.3, -0.25) is 4.79 Å². The second-order valence-electron chi connectivity index (χ2n) is 4.27. The first kappa shape index (κ1) is 16.1. The van der Waals surface area contributed by atoms with E-state index in [4.69, 9.17) is 23.2 Å². The van der Waals surface area contributed by atoms with E-state index in [9.17, 15) is 9.18 Å². The quantitative estimate of drug-likeness (QED) is 0.827. The fourth-order valence-corrected chi connectivity index (χ4v) is 2.76. The summed E-state index contributed by atoms with van der Waals surface area (Å²) in [7, 11) is 0. The normalized spacial score (nSPS) is 10.4. The summed E-state index contributed by atoms with van der Waals surface area (Å²) in [4.78, 5) is 11.8. The van der Waals surface area contributed by atoms with E-state index in [2.05, 4.69) is 5.32 Å². The summed E-state index contributed by atoms with van der Waals surface area (Å²) in [6.07, 6.45) is 0. The predicted octanol–water partition coefficient (Wildman–Crippen LogP) is 5.00. The number of carbonyl (C=O) groups excluding carboxylic acids is 1. The molecule has 1 N–H and O–H groups in total. The standard InChI is InChI=1S/C15H12Cl2FNOS/c16-12-2-1-3-13(15(12)17)19-14(20)9-21-8-10-4-6-11(18)7-5-10/h1-7H,8-9H2,(H,19,20). The van der Waals surface area contributed by atoms with Gasteiger partial charge in [-0.25, -0.2) is 4.39 Å². The van der Waals surface area contributed by atoms with Crippen molar-refractivity contribution in [3.8, 4) is 0 Å². The van der Waals surface area contributed by atoms with Crippen LogP contribution in [-0.2, 0) is 10.5 Å². The van der Waals surface area contributed by atoms with Gasteiger partial charge < -0.3 is 5.32 Å². The molecule has 0 unspecified atom stereocenters. The Bertz CT molecular complexity index is 634. The van der Waals surface area contributed by atoms with Crippen LogP contribution in [0.5, 0.6) is 0 Å². The first-order valence-electron chi connectivity index (χ1n) is 6.12. The topological polar surface area (TPSA) is 29.1 Å². The van der Waals surface area contributed by atoms with Gasteiger partial charge in [0.25, 0.3) is 0 Å². The summed E-state index contributed by atoms with van der Waals surface area (Å²) in [6.45, 7) is 0. The zero-order valence-corrected chi connectivity index (χ0v) is 13.2. The predicted molar refractivity (Wildman–Crippen MR) is 87.7 cm³/mol. The van der Waals surface area contributed by atoms with Crippen LogP contribution in [0.2, 0.25) is 10.0 Å². The van der Waals surface area contributed by atoms with Crippen molar-refractivity contribution in [1.29, 1.82) is 0 Å². The minimum Gasteiger partial charge on any atom is -0.324 e. The Kier molecular flexibility index (Phi) is 5.91. The zero-order chi connectivity index (χ0) is 15.2. The van der Waals surface area contributed by atoms with Crippen LogP contribution in [0.3, 0.4) is 0 Å². The summed E-state index contributed by atoms with van der Waals surface area (Å²) in [5.41, 5.74) is 1.46. The van der Waals surface area contributed by atoms with Crippen LogP contribution in [0.4, 0.5) is 10.1 Å². The van der Waals surface area contributed by atoms with Gasteiger partial charge in [0.15, 0.2) is 0 Å². The summed E-state index contributed by atoms with van der Waals surface area (Å²) in [6, 6.07) is 11.3. The molecular weight excluding hydrogens is 332 g/mol. The lowest BCUT2D eigenvalue weighted by Crippen LogP contribution is -2.14. The molecule has 0 heterocycles. The lowest BCUT2D eigenvalue weighted by atomic mass is 10.2. The van der Waals surface area contributed by atoms with Crippen molar-refractivity contribution in [3.63, 3.8) is 0 Å². The third kappa shape index (κ3) is 4.92. The highest BCUT2D eigenvalue weighted by Crippen LogP contribution is 2.29. The molecule has 0 aliphatic heterocycles. The molecule has 0 atom stereocenters. The molecule has 0 fully saturated rings. The Hall–Kier alpha value is -1.23. The fraction of sp³-hybridized carbons (Fsp3) is 0.133. The van der Waals surface area contributed by atoms with E-state index >= 15 is 0 Å². The molecule has 2 aromatic rings. The monoisotopic (exact) mass is 343 g/mol. The van der Waals surface area contributed by atoms with E-state index in [0.29, 0.717) is 21.5 Å². The van der Waals surface area contributed by atoms with Crippen molar-refractivity contribution < 1.29 is 9.18 Å². The first-order valence-corrected chi connectivity index (χ1v) is 8.03. The van der Waals surface area contributed by atoms with Crippen molar-refractivity contribution >= 4 is 46.6 Å². The summed E-state index contributed by atoms with van der Waals surface area (Å²) < 4.78 is 12.8. The second kappa shape index (κ2) is 7.69. The third-order valence-corrected chi connectivity index (χ3v) is 4.46. The van der Waals surface area contributed by atoms with Gasteiger partial charge in [0.05, 0.1) is 21.5 Å². The Balaban J connectivity index is 1.82. The molecule has 21 heavy (non-hydrogen) atoms. The lowest BCUT2D eigenvalue weighted by Gasteiger charge is -2.08. The number of nitrogens with one attached hydrogen (secondary N) is 1. The number of amides is 1. The average Bonchev–Trinajstić information content (AvgIpc) is 2.46. The number of hydrogen-bond donors (Lipinski definition) is 1. The van der Waals surface area contributed by atoms with Crippen molar-refractivity contribution in [1.82, 2.24) is 0 Å². The molecule has 2 aromatic carbocycles. The largest absolute Gasteiger partial charge is 0.324 e. The van der Waals surface area contributed by atoms with E-state index in [0.717, 1.165) is 5.56 Å². The van der Waals surface area contributed by atoms with Crippen LogP contribution >= 0.6 is 35.0 Å². The number of halogens is 3. The maximum atomic E-state index is 12.8. The van der Waals surface area contributed by atoms with Gasteiger partial charge in [0.1, 0.15) is 5.82 Å². The Morgan fingerprint density at radius 2 is 1.86 bits per heavy atom. The molecular formula is C15H12Cl2FNOS. The van der Waals surface area contributed by atoms with E-state index in [-0.39, 0.29) is 17.5 Å². The molecule has 0 aliphatic carbocycles. The second-order valence-corrected chi connectivity index (χ2v) is 6.04. The molecule has 2 rings (SSSR count). The highest BCUT2D eigenvalue weighted by atomic mass is 35.5. The Morgan fingerprint density at radius 3 is 2.57 bits per heavy atom. The van der Waals surface area contributed by atoms with Crippen molar-refractivity contribution in [2.45, 2.75) is 5.75 Å². The molecule has 0 saturated carbocycles. The van der Waals surface area contributed by atoms with Gasteiger partial charge in [0.2, 0.25) is 5.91 Å². The van der Waals surface area contributed by atoms with Crippen LogP contribution in [0.1, 0.15) is 5.56 Å². The molecule has 0 bridgehead atoms. The van der Waals surface area contributed by atoms with Crippen LogP contribution in [0.15, 0.2) is 42.5 Å². The highest BCUT2D eigenvalue weighted by molar-refractivity contribution is 7.99. The molecule has 0 aromatic heterocycles. The van der Waals surface area contributed by atoms with Gasteiger partial charge in [-0.1, -0.05) is 41.4 Å². The number of benzene rings is 2.